The maximum Gasteiger partial charge on any atom is 0.0948 e. The Morgan fingerprint density at radius 1 is 1.57 bits per heavy atom. The van der Waals surface area contributed by atoms with Crippen LogP contribution in [0.2, 0.25) is 0 Å². The fourth-order valence-electron chi connectivity index (χ4n) is 2.08. The van der Waals surface area contributed by atoms with Crippen LogP contribution in [-0.2, 0) is 13.1 Å². The Balaban J connectivity index is 2.11. The minimum atomic E-state index is 0.532. The summed E-state index contributed by atoms with van der Waals surface area (Å²) in [7, 11) is 0. The van der Waals surface area contributed by atoms with Crippen LogP contribution in [0.1, 0.15) is 32.4 Å². The van der Waals surface area contributed by atoms with E-state index in [4.69, 9.17) is 5.73 Å². The van der Waals surface area contributed by atoms with E-state index in [2.05, 4.69) is 23.4 Å². The first-order valence-corrected chi connectivity index (χ1v) is 5.37. The highest BCUT2D eigenvalue weighted by molar-refractivity contribution is 5.02. The molecular formula is C11H19N3. The van der Waals surface area contributed by atoms with Crippen molar-refractivity contribution < 1.29 is 0 Å². The Morgan fingerprint density at radius 2 is 2.29 bits per heavy atom. The molecule has 0 bridgehead atoms. The van der Waals surface area contributed by atoms with Gasteiger partial charge in [-0.1, -0.05) is 13.8 Å². The van der Waals surface area contributed by atoms with E-state index in [1.54, 1.807) is 0 Å². The highest BCUT2D eigenvalue weighted by Gasteiger charge is 2.45. The zero-order chi connectivity index (χ0) is 10.2. The van der Waals surface area contributed by atoms with E-state index in [0.29, 0.717) is 12.0 Å². The summed E-state index contributed by atoms with van der Waals surface area (Å²) in [5.74, 6) is 0.760. The summed E-state index contributed by atoms with van der Waals surface area (Å²) >= 11 is 0. The lowest BCUT2D eigenvalue weighted by Gasteiger charge is -2.21. The molecule has 1 aliphatic carbocycles. The van der Waals surface area contributed by atoms with E-state index in [1.807, 2.05) is 12.5 Å². The molecule has 0 saturated heterocycles. The van der Waals surface area contributed by atoms with Gasteiger partial charge in [-0.25, -0.2) is 4.98 Å². The normalized spacial score (nSPS) is 18.9. The fraction of sp³-hybridized carbons (Fsp3) is 0.727. The maximum absolute atomic E-state index is 5.65. The number of aromatic nitrogens is 2. The van der Waals surface area contributed by atoms with Crippen molar-refractivity contribution in [1.29, 1.82) is 0 Å². The van der Waals surface area contributed by atoms with Crippen LogP contribution < -0.4 is 5.73 Å². The minimum absolute atomic E-state index is 0.532. The summed E-state index contributed by atoms with van der Waals surface area (Å²) in [6.45, 7) is 6.31. The first-order chi connectivity index (χ1) is 6.68. The van der Waals surface area contributed by atoms with Crippen molar-refractivity contribution in [3.63, 3.8) is 0 Å². The second-order valence-corrected chi connectivity index (χ2v) is 4.73. The Hall–Kier alpha value is -0.830. The lowest BCUT2D eigenvalue weighted by Crippen LogP contribution is -2.19. The van der Waals surface area contributed by atoms with E-state index < -0.39 is 0 Å². The van der Waals surface area contributed by atoms with Gasteiger partial charge in [0.25, 0.3) is 0 Å². The van der Waals surface area contributed by atoms with Crippen LogP contribution in [0.25, 0.3) is 0 Å². The summed E-state index contributed by atoms with van der Waals surface area (Å²) in [6, 6.07) is 0. The van der Waals surface area contributed by atoms with Crippen LogP contribution in [0, 0.1) is 11.3 Å². The van der Waals surface area contributed by atoms with Gasteiger partial charge in [0.1, 0.15) is 0 Å². The number of imidazole rings is 1. The molecule has 14 heavy (non-hydrogen) atoms. The smallest absolute Gasteiger partial charge is 0.0948 e. The minimum Gasteiger partial charge on any atom is -0.333 e. The number of nitrogens with two attached hydrogens (primary N) is 1. The molecule has 3 nitrogen and oxygen atoms in total. The summed E-state index contributed by atoms with van der Waals surface area (Å²) in [5.41, 5.74) is 7.33. The predicted octanol–water partition coefficient (Wildman–Crippen LogP) is 1.78. The van der Waals surface area contributed by atoms with Crippen molar-refractivity contribution in [3.8, 4) is 0 Å². The topological polar surface area (TPSA) is 43.8 Å². The molecule has 1 heterocycles. The Bertz CT molecular complexity index is 310. The highest BCUT2D eigenvalue weighted by Crippen LogP contribution is 2.53. The van der Waals surface area contributed by atoms with Crippen LogP contribution in [0.5, 0.6) is 0 Å². The molecule has 0 spiro atoms. The molecule has 0 amide bonds. The van der Waals surface area contributed by atoms with E-state index >= 15 is 0 Å². The molecule has 1 fully saturated rings. The van der Waals surface area contributed by atoms with Crippen molar-refractivity contribution in [3.05, 3.63) is 18.2 Å². The Kier molecular flexibility index (Phi) is 2.35. The summed E-state index contributed by atoms with van der Waals surface area (Å²) in [6.07, 6.45) is 6.49. The first kappa shape index (κ1) is 9.71. The van der Waals surface area contributed by atoms with Gasteiger partial charge in [-0.3, -0.25) is 0 Å². The largest absolute Gasteiger partial charge is 0.333 e. The SMILES string of the molecule is CC(C)C1(Cn2cncc2CN)CC1. The lowest BCUT2D eigenvalue weighted by molar-refractivity contribution is 0.305. The second-order valence-electron chi connectivity index (χ2n) is 4.73. The van der Waals surface area contributed by atoms with Gasteiger partial charge in [-0.15, -0.1) is 0 Å². The van der Waals surface area contributed by atoms with Gasteiger partial charge in [0.15, 0.2) is 0 Å². The standard InChI is InChI=1S/C11H19N3/c1-9(2)11(3-4-11)7-14-8-13-6-10(14)5-12/h6,8-9H,3-5,7,12H2,1-2H3. The van der Waals surface area contributed by atoms with Crippen molar-refractivity contribution in [1.82, 2.24) is 9.55 Å². The van der Waals surface area contributed by atoms with E-state index in [9.17, 15) is 0 Å². The summed E-state index contributed by atoms with van der Waals surface area (Å²) < 4.78 is 2.22. The highest BCUT2D eigenvalue weighted by atomic mass is 15.1. The molecule has 1 aromatic rings. The second kappa shape index (κ2) is 3.39. The van der Waals surface area contributed by atoms with E-state index in [-0.39, 0.29) is 0 Å². The van der Waals surface area contributed by atoms with Gasteiger partial charge in [-0.05, 0) is 24.2 Å². The zero-order valence-electron chi connectivity index (χ0n) is 9.03. The lowest BCUT2D eigenvalue weighted by atomic mass is 9.92. The van der Waals surface area contributed by atoms with Gasteiger partial charge in [0.05, 0.1) is 12.0 Å². The molecule has 2 rings (SSSR count). The van der Waals surface area contributed by atoms with Crippen molar-refractivity contribution in [2.45, 2.75) is 39.8 Å². The molecular weight excluding hydrogens is 174 g/mol. The summed E-state index contributed by atoms with van der Waals surface area (Å²) in [5, 5.41) is 0. The number of hydrogen-bond acceptors (Lipinski definition) is 2. The third-order valence-corrected chi connectivity index (χ3v) is 3.61. The molecule has 0 unspecified atom stereocenters. The third kappa shape index (κ3) is 1.57. The monoisotopic (exact) mass is 193 g/mol. The predicted molar refractivity (Wildman–Crippen MR) is 56.6 cm³/mol. The van der Waals surface area contributed by atoms with Gasteiger partial charge in [-0.2, -0.15) is 0 Å². The van der Waals surface area contributed by atoms with Crippen LogP contribution in [-0.4, -0.2) is 9.55 Å². The number of rotatable bonds is 4. The number of nitrogens with zero attached hydrogens (tertiary/aromatic N) is 2. The third-order valence-electron chi connectivity index (χ3n) is 3.61. The van der Waals surface area contributed by atoms with E-state index in [0.717, 1.165) is 18.2 Å². The van der Waals surface area contributed by atoms with Crippen LogP contribution in [0.15, 0.2) is 12.5 Å². The number of hydrogen-bond donors (Lipinski definition) is 1. The molecule has 0 atom stereocenters. The molecule has 2 N–H and O–H groups in total. The molecule has 3 heteroatoms. The fourth-order valence-corrected chi connectivity index (χ4v) is 2.08. The van der Waals surface area contributed by atoms with Gasteiger partial charge in [0.2, 0.25) is 0 Å². The first-order valence-electron chi connectivity index (χ1n) is 5.37. The molecule has 0 aliphatic heterocycles. The van der Waals surface area contributed by atoms with Crippen LogP contribution in [0.3, 0.4) is 0 Å². The van der Waals surface area contributed by atoms with Crippen molar-refractivity contribution in [2.24, 2.45) is 17.1 Å². The maximum atomic E-state index is 5.65. The van der Waals surface area contributed by atoms with E-state index in [1.165, 1.54) is 12.8 Å². The molecule has 1 aromatic heterocycles. The van der Waals surface area contributed by atoms with Crippen molar-refractivity contribution in [2.75, 3.05) is 0 Å². The Labute approximate surface area is 85.3 Å². The molecule has 0 aromatic carbocycles. The molecule has 1 aliphatic rings. The van der Waals surface area contributed by atoms with Crippen LogP contribution >= 0.6 is 0 Å². The van der Waals surface area contributed by atoms with Gasteiger partial charge < -0.3 is 10.3 Å². The zero-order valence-corrected chi connectivity index (χ0v) is 9.03. The average Bonchev–Trinajstić information content (AvgIpc) is 2.79. The van der Waals surface area contributed by atoms with Crippen LogP contribution in [0.4, 0.5) is 0 Å². The summed E-state index contributed by atoms with van der Waals surface area (Å²) in [4.78, 5) is 4.15. The quantitative estimate of drug-likeness (QED) is 0.792. The molecule has 78 valence electrons. The van der Waals surface area contributed by atoms with Crippen molar-refractivity contribution >= 4 is 0 Å². The van der Waals surface area contributed by atoms with Gasteiger partial charge >= 0.3 is 0 Å². The molecule has 0 radical (unpaired) electrons. The average molecular weight is 193 g/mol. The molecule has 1 saturated carbocycles. The Morgan fingerprint density at radius 3 is 2.79 bits per heavy atom. The van der Waals surface area contributed by atoms with Gasteiger partial charge in [0, 0.05) is 19.3 Å².